The number of hydrazone groups is 1. The Morgan fingerprint density at radius 2 is 1.82 bits per heavy atom. The fourth-order valence-electron chi connectivity index (χ4n) is 3.57. The van der Waals surface area contributed by atoms with Gasteiger partial charge >= 0.3 is 5.97 Å². The molecule has 0 saturated carbocycles. The SMILES string of the molecule is COc1cc(/C=N/NC(=O)[C@H]2COc3ccc(C(C)(C)C)cc3O2)ccc1OC(=O)c1ccc(Cl)cc1Cl. The van der Waals surface area contributed by atoms with E-state index in [1.807, 2.05) is 18.2 Å². The molecule has 3 aromatic carbocycles. The summed E-state index contributed by atoms with van der Waals surface area (Å²) in [7, 11) is 1.44. The Bertz CT molecular complexity index is 1400. The van der Waals surface area contributed by atoms with E-state index in [4.69, 9.17) is 42.1 Å². The quantitative estimate of drug-likeness (QED) is 0.178. The molecular formula is C28H26Cl2N2O6. The molecule has 0 aromatic heterocycles. The summed E-state index contributed by atoms with van der Waals surface area (Å²) in [6, 6.07) is 15.0. The zero-order valence-electron chi connectivity index (χ0n) is 21.2. The number of benzene rings is 3. The molecule has 4 rings (SSSR count). The van der Waals surface area contributed by atoms with E-state index in [0.29, 0.717) is 22.1 Å². The third-order valence-electron chi connectivity index (χ3n) is 5.69. The number of carbonyl (C=O) groups excluding carboxylic acids is 2. The molecule has 3 aromatic rings. The van der Waals surface area contributed by atoms with Gasteiger partial charge in [0, 0.05) is 5.02 Å². The van der Waals surface area contributed by atoms with Crippen molar-refractivity contribution in [2.24, 2.45) is 5.10 Å². The summed E-state index contributed by atoms with van der Waals surface area (Å²) in [5, 5.41) is 4.59. The van der Waals surface area contributed by atoms with E-state index in [-0.39, 0.29) is 34.1 Å². The fraction of sp³-hybridized carbons (Fsp3) is 0.250. The van der Waals surface area contributed by atoms with Gasteiger partial charge < -0.3 is 18.9 Å². The molecule has 0 spiro atoms. The third-order valence-corrected chi connectivity index (χ3v) is 6.24. The van der Waals surface area contributed by atoms with Crippen molar-refractivity contribution in [2.75, 3.05) is 13.7 Å². The molecule has 8 nitrogen and oxygen atoms in total. The van der Waals surface area contributed by atoms with E-state index in [0.717, 1.165) is 5.56 Å². The van der Waals surface area contributed by atoms with Gasteiger partial charge in [-0.15, -0.1) is 0 Å². The van der Waals surface area contributed by atoms with E-state index in [9.17, 15) is 9.59 Å². The topological polar surface area (TPSA) is 95.5 Å². The average molecular weight is 557 g/mol. The van der Waals surface area contributed by atoms with Crippen LogP contribution in [-0.2, 0) is 10.2 Å². The second-order valence-corrected chi connectivity index (χ2v) is 10.3. The Morgan fingerprint density at radius 1 is 1.03 bits per heavy atom. The van der Waals surface area contributed by atoms with Gasteiger partial charge in [-0.05, 0) is 65.1 Å². The molecule has 38 heavy (non-hydrogen) atoms. The van der Waals surface area contributed by atoms with Crippen LogP contribution in [0.3, 0.4) is 0 Å². The van der Waals surface area contributed by atoms with Crippen molar-refractivity contribution >= 4 is 41.3 Å². The van der Waals surface area contributed by atoms with Gasteiger partial charge in [-0.1, -0.05) is 50.0 Å². The minimum atomic E-state index is -0.856. The number of ether oxygens (including phenoxy) is 4. The lowest BCUT2D eigenvalue weighted by Gasteiger charge is -2.27. The summed E-state index contributed by atoms with van der Waals surface area (Å²) >= 11 is 12.0. The first-order chi connectivity index (χ1) is 18.0. The molecule has 198 valence electrons. The second-order valence-electron chi connectivity index (χ2n) is 9.49. The van der Waals surface area contributed by atoms with Crippen molar-refractivity contribution in [2.45, 2.75) is 32.3 Å². The number of esters is 1. The van der Waals surface area contributed by atoms with Crippen LogP contribution >= 0.6 is 23.2 Å². The first-order valence-electron chi connectivity index (χ1n) is 11.7. The molecule has 0 unspecified atom stereocenters. The highest BCUT2D eigenvalue weighted by atomic mass is 35.5. The Labute approximate surface area is 230 Å². The van der Waals surface area contributed by atoms with Gasteiger partial charge in [-0.3, -0.25) is 4.79 Å². The number of halogens is 2. The van der Waals surface area contributed by atoms with E-state index >= 15 is 0 Å². The van der Waals surface area contributed by atoms with E-state index in [1.54, 1.807) is 24.3 Å². The number of nitrogens with zero attached hydrogens (tertiary/aromatic N) is 1. The highest BCUT2D eigenvalue weighted by molar-refractivity contribution is 6.36. The van der Waals surface area contributed by atoms with Crippen LogP contribution in [0.25, 0.3) is 0 Å². The molecule has 1 amide bonds. The van der Waals surface area contributed by atoms with Crippen molar-refractivity contribution in [1.82, 2.24) is 5.43 Å². The lowest BCUT2D eigenvalue weighted by atomic mass is 9.87. The van der Waals surface area contributed by atoms with E-state index < -0.39 is 18.0 Å². The predicted molar refractivity (Wildman–Crippen MR) is 145 cm³/mol. The summed E-state index contributed by atoms with van der Waals surface area (Å²) in [6.07, 6.45) is 0.572. The normalized spacial score (nSPS) is 14.7. The minimum absolute atomic E-state index is 0.0642. The molecule has 10 heteroatoms. The minimum Gasteiger partial charge on any atom is -0.493 e. The van der Waals surface area contributed by atoms with Crippen LogP contribution in [-0.4, -0.2) is 37.9 Å². The van der Waals surface area contributed by atoms with Crippen LogP contribution in [0.15, 0.2) is 59.7 Å². The van der Waals surface area contributed by atoms with Crippen molar-refractivity contribution in [3.63, 3.8) is 0 Å². The number of carbonyl (C=O) groups is 2. The van der Waals surface area contributed by atoms with Gasteiger partial charge in [-0.25, -0.2) is 10.2 Å². The monoisotopic (exact) mass is 556 g/mol. The molecule has 0 bridgehead atoms. The zero-order chi connectivity index (χ0) is 27.4. The Balaban J connectivity index is 1.39. The van der Waals surface area contributed by atoms with Crippen molar-refractivity contribution in [3.05, 3.63) is 81.3 Å². The van der Waals surface area contributed by atoms with Crippen LogP contribution in [0.5, 0.6) is 23.0 Å². The van der Waals surface area contributed by atoms with Gasteiger partial charge in [0.1, 0.15) is 6.61 Å². The lowest BCUT2D eigenvalue weighted by Crippen LogP contribution is -2.42. The maximum Gasteiger partial charge on any atom is 0.345 e. The molecule has 1 N–H and O–H groups in total. The zero-order valence-corrected chi connectivity index (χ0v) is 22.7. The molecule has 1 aliphatic rings. The number of hydrogen-bond acceptors (Lipinski definition) is 7. The van der Waals surface area contributed by atoms with Crippen LogP contribution in [0.1, 0.15) is 42.3 Å². The fourth-order valence-corrected chi connectivity index (χ4v) is 4.05. The number of fused-ring (bicyclic) bond motifs is 1. The standard InChI is InChI=1S/C28H26Cl2N2O6/c1-28(2,3)17-6-10-21-24(12-17)37-25(15-36-21)26(33)32-31-14-16-5-9-22(23(11-16)35-4)38-27(34)19-8-7-18(29)13-20(19)30/h5-14,25H,15H2,1-4H3,(H,32,33)/b31-14+/t25-/m1/s1. The van der Waals surface area contributed by atoms with Gasteiger partial charge in [0.05, 0.1) is 23.9 Å². The smallest absolute Gasteiger partial charge is 0.345 e. The Morgan fingerprint density at radius 3 is 2.53 bits per heavy atom. The number of methoxy groups -OCH3 is 1. The predicted octanol–water partition coefficient (Wildman–Crippen LogP) is 5.81. The van der Waals surface area contributed by atoms with E-state index in [2.05, 4.69) is 31.3 Å². The molecule has 0 aliphatic carbocycles. The number of nitrogens with one attached hydrogen (secondary N) is 1. The van der Waals surface area contributed by atoms with Crippen molar-refractivity contribution < 1.29 is 28.5 Å². The summed E-state index contributed by atoms with van der Waals surface area (Å²) < 4.78 is 22.4. The Kier molecular flexibility index (Phi) is 8.14. The van der Waals surface area contributed by atoms with Crippen molar-refractivity contribution in [1.29, 1.82) is 0 Å². The van der Waals surface area contributed by atoms with Gasteiger partial charge in [0.2, 0.25) is 6.10 Å². The Hall–Kier alpha value is -3.75. The molecule has 0 radical (unpaired) electrons. The van der Waals surface area contributed by atoms with E-state index in [1.165, 1.54) is 25.5 Å². The number of rotatable bonds is 6. The van der Waals surface area contributed by atoms with Gasteiger partial charge in [0.25, 0.3) is 5.91 Å². The highest BCUT2D eigenvalue weighted by Crippen LogP contribution is 2.36. The maximum absolute atomic E-state index is 12.6. The van der Waals surface area contributed by atoms with Crippen LogP contribution in [0.2, 0.25) is 10.0 Å². The first kappa shape index (κ1) is 27.3. The molecule has 1 heterocycles. The summed E-state index contributed by atoms with van der Waals surface area (Å²) in [4.78, 5) is 25.2. The van der Waals surface area contributed by atoms with Gasteiger partial charge in [0.15, 0.2) is 23.0 Å². The maximum atomic E-state index is 12.6. The number of amides is 1. The summed E-state index contributed by atoms with van der Waals surface area (Å²) in [6.45, 7) is 6.35. The molecule has 0 fully saturated rings. The largest absolute Gasteiger partial charge is 0.493 e. The average Bonchev–Trinajstić information content (AvgIpc) is 2.88. The molecular weight excluding hydrogens is 531 g/mol. The second kappa shape index (κ2) is 11.3. The third kappa shape index (κ3) is 6.38. The summed E-state index contributed by atoms with van der Waals surface area (Å²) in [5.74, 6) is 0.467. The number of hydrogen-bond donors (Lipinski definition) is 1. The van der Waals surface area contributed by atoms with Crippen LogP contribution in [0.4, 0.5) is 0 Å². The van der Waals surface area contributed by atoms with Crippen LogP contribution in [0, 0.1) is 0 Å². The molecule has 1 atom stereocenters. The highest BCUT2D eigenvalue weighted by Gasteiger charge is 2.28. The van der Waals surface area contributed by atoms with Gasteiger partial charge in [-0.2, -0.15) is 5.10 Å². The van der Waals surface area contributed by atoms with Crippen LogP contribution < -0.4 is 24.4 Å². The summed E-state index contributed by atoms with van der Waals surface area (Å²) in [5.41, 5.74) is 4.22. The molecule has 0 saturated heterocycles. The first-order valence-corrected chi connectivity index (χ1v) is 12.4. The van der Waals surface area contributed by atoms with Crippen molar-refractivity contribution in [3.8, 4) is 23.0 Å². The molecule has 1 aliphatic heterocycles. The lowest BCUT2D eigenvalue weighted by molar-refractivity contribution is -0.130.